The number of nitrogens with one attached hydrogen (secondary N) is 2. The molecule has 0 aromatic heterocycles. The third-order valence-corrected chi connectivity index (χ3v) is 5.97. The quantitative estimate of drug-likeness (QED) is 0.387. The predicted octanol–water partition coefficient (Wildman–Crippen LogP) is 4.87. The Bertz CT molecular complexity index is 592. The lowest BCUT2D eigenvalue weighted by Gasteiger charge is -2.21. The fourth-order valence-electron chi connectivity index (χ4n) is 2.77. The van der Waals surface area contributed by atoms with Crippen LogP contribution in [0.5, 0.6) is 0 Å². The number of rotatable bonds is 7. The zero-order valence-corrected chi connectivity index (χ0v) is 16.9. The van der Waals surface area contributed by atoms with E-state index in [9.17, 15) is 4.79 Å². The van der Waals surface area contributed by atoms with Crippen LogP contribution in [0.15, 0.2) is 18.2 Å². The highest BCUT2D eigenvalue weighted by atomic mass is 35.5. The highest BCUT2D eigenvalue weighted by Crippen LogP contribution is 2.27. The highest BCUT2D eigenvalue weighted by molar-refractivity contribution is 7.99. The van der Waals surface area contributed by atoms with Gasteiger partial charge in [-0.2, -0.15) is 11.8 Å². The topological polar surface area (TPSA) is 50.4 Å². The van der Waals surface area contributed by atoms with Crippen molar-refractivity contribution in [2.24, 2.45) is 0 Å². The van der Waals surface area contributed by atoms with Crippen LogP contribution in [0.2, 0.25) is 5.02 Å². The molecule has 4 nitrogen and oxygen atoms in total. The third-order valence-electron chi connectivity index (χ3n) is 4.01. The maximum absolute atomic E-state index is 11.9. The number of thiocarbonyl (C=S) groups is 1. The number of hydrogen-bond donors (Lipinski definition) is 2. The molecule has 0 unspecified atom stereocenters. The summed E-state index contributed by atoms with van der Waals surface area (Å²) in [5.74, 6) is 0.611. The second-order valence-electron chi connectivity index (χ2n) is 5.93. The van der Waals surface area contributed by atoms with Gasteiger partial charge in [0, 0.05) is 23.2 Å². The normalized spacial score (nSPS) is 14.8. The minimum atomic E-state index is -0.432. The second kappa shape index (κ2) is 10.9. The van der Waals surface area contributed by atoms with E-state index < -0.39 is 5.97 Å². The van der Waals surface area contributed by atoms with Crippen LogP contribution >= 0.6 is 35.6 Å². The summed E-state index contributed by atoms with van der Waals surface area (Å²) in [5, 5.41) is 8.02. The first-order valence-corrected chi connectivity index (χ1v) is 10.6. The number of hydrogen-bond acceptors (Lipinski definition) is 4. The van der Waals surface area contributed by atoms with Crippen LogP contribution in [0.1, 0.15) is 49.4 Å². The summed E-state index contributed by atoms with van der Waals surface area (Å²) in [6.45, 7) is 2.90. The molecule has 1 saturated carbocycles. The molecule has 0 radical (unpaired) electrons. The fourth-order valence-corrected chi connectivity index (χ4v) is 4.40. The molecule has 0 spiro atoms. The average molecular weight is 401 g/mol. The van der Waals surface area contributed by atoms with E-state index in [4.69, 9.17) is 28.6 Å². The Kier molecular flexibility index (Phi) is 8.85. The van der Waals surface area contributed by atoms with Crippen molar-refractivity contribution in [3.05, 3.63) is 28.8 Å². The maximum atomic E-state index is 11.9. The number of anilines is 1. The molecule has 0 atom stereocenters. The molecule has 1 aliphatic carbocycles. The van der Waals surface area contributed by atoms with Crippen molar-refractivity contribution >= 4 is 52.3 Å². The molecule has 0 amide bonds. The Labute approximate surface area is 164 Å². The van der Waals surface area contributed by atoms with E-state index in [2.05, 4.69) is 10.6 Å². The molecule has 7 heteroatoms. The van der Waals surface area contributed by atoms with E-state index in [1.165, 1.54) is 32.1 Å². The van der Waals surface area contributed by atoms with E-state index in [1.807, 2.05) is 11.8 Å². The first-order valence-electron chi connectivity index (χ1n) is 8.73. The van der Waals surface area contributed by atoms with Crippen LogP contribution < -0.4 is 10.6 Å². The molecular weight excluding hydrogens is 376 g/mol. The van der Waals surface area contributed by atoms with Crippen molar-refractivity contribution in [2.75, 3.05) is 24.2 Å². The molecular formula is C18H25ClN2O2S2. The molecule has 1 aliphatic rings. The van der Waals surface area contributed by atoms with Gasteiger partial charge in [-0.1, -0.05) is 30.9 Å². The molecule has 1 aromatic carbocycles. The fraction of sp³-hybridized carbons (Fsp3) is 0.556. The Balaban J connectivity index is 1.76. The molecule has 1 fully saturated rings. The first-order chi connectivity index (χ1) is 12.1. The van der Waals surface area contributed by atoms with Gasteiger partial charge < -0.3 is 15.4 Å². The molecule has 0 saturated heterocycles. The predicted molar refractivity (Wildman–Crippen MR) is 111 cm³/mol. The largest absolute Gasteiger partial charge is 0.462 e. The van der Waals surface area contributed by atoms with Crippen LogP contribution in [-0.4, -0.2) is 35.2 Å². The van der Waals surface area contributed by atoms with Crippen molar-refractivity contribution < 1.29 is 9.53 Å². The Morgan fingerprint density at radius 2 is 2.12 bits per heavy atom. The van der Waals surface area contributed by atoms with E-state index in [1.54, 1.807) is 25.1 Å². The Morgan fingerprint density at radius 1 is 1.36 bits per heavy atom. The monoisotopic (exact) mass is 400 g/mol. The van der Waals surface area contributed by atoms with Crippen molar-refractivity contribution in [1.82, 2.24) is 5.32 Å². The van der Waals surface area contributed by atoms with Gasteiger partial charge >= 0.3 is 5.97 Å². The molecule has 138 valence electrons. The van der Waals surface area contributed by atoms with Crippen LogP contribution in [0.3, 0.4) is 0 Å². The second-order valence-corrected chi connectivity index (χ2v) is 8.15. The summed E-state index contributed by atoms with van der Waals surface area (Å²) in [5.41, 5.74) is 1.05. The van der Waals surface area contributed by atoms with E-state index >= 15 is 0 Å². The molecule has 0 bridgehead atoms. The smallest absolute Gasteiger partial charge is 0.339 e. The first kappa shape index (κ1) is 20.3. The van der Waals surface area contributed by atoms with Crippen LogP contribution in [-0.2, 0) is 4.74 Å². The summed E-state index contributed by atoms with van der Waals surface area (Å²) in [6, 6.07) is 5.11. The Hall–Kier alpha value is -0.980. The van der Waals surface area contributed by atoms with Crippen molar-refractivity contribution in [2.45, 2.75) is 44.3 Å². The summed E-state index contributed by atoms with van der Waals surface area (Å²) >= 11 is 13.4. The minimum Gasteiger partial charge on any atom is -0.462 e. The lowest BCUT2D eigenvalue weighted by Crippen LogP contribution is -2.30. The van der Waals surface area contributed by atoms with Gasteiger partial charge in [0.15, 0.2) is 5.11 Å². The number of carbonyl (C=O) groups excluding carboxylic acids is 1. The number of ether oxygens (including phenoxy) is 1. The van der Waals surface area contributed by atoms with Gasteiger partial charge in [-0.25, -0.2) is 4.79 Å². The molecule has 25 heavy (non-hydrogen) atoms. The average Bonchev–Trinajstić information content (AvgIpc) is 2.61. The lowest BCUT2D eigenvalue weighted by molar-refractivity contribution is 0.0526. The highest BCUT2D eigenvalue weighted by Gasteiger charge is 2.14. The molecule has 1 aromatic rings. The maximum Gasteiger partial charge on any atom is 0.339 e. The van der Waals surface area contributed by atoms with Gasteiger partial charge in [-0.3, -0.25) is 0 Å². The summed E-state index contributed by atoms with van der Waals surface area (Å²) < 4.78 is 5.00. The van der Waals surface area contributed by atoms with E-state index in [0.717, 1.165) is 17.5 Å². The number of esters is 1. The van der Waals surface area contributed by atoms with Crippen LogP contribution in [0.25, 0.3) is 0 Å². The number of thioether (sulfide) groups is 1. The molecule has 0 heterocycles. The van der Waals surface area contributed by atoms with Crippen molar-refractivity contribution in [3.8, 4) is 0 Å². The van der Waals surface area contributed by atoms with E-state index in [0.29, 0.717) is 28.0 Å². The van der Waals surface area contributed by atoms with Gasteiger partial charge in [-0.15, -0.1) is 0 Å². The zero-order valence-electron chi connectivity index (χ0n) is 14.5. The summed E-state index contributed by atoms with van der Waals surface area (Å²) in [7, 11) is 0. The number of halogens is 1. The summed E-state index contributed by atoms with van der Waals surface area (Å²) in [6.07, 6.45) is 6.80. The number of benzene rings is 1. The summed E-state index contributed by atoms with van der Waals surface area (Å²) in [4.78, 5) is 11.9. The number of carbonyl (C=O) groups is 1. The van der Waals surface area contributed by atoms with Gasteiger partial charge in [0.1, 0.15) is 0 Å². The van der Waals surface area contributed by atoms with E-state index in [-0.39, 0.29) is 0 Å². The van der Waals surface area contributed by atoms with Crippen LogP contribution in [0, 0.1) is 0 Å². The molecule has 2 rings (SSSR count). The van der Waals surface area contributed by atoms with Crippen LogP contribution in [0.4, 0.5) is 5.69 Å². The van der Waals surface area contributed by atoms with Crippen molar-refractivity contribution in [3.63, 3.8) is 0 Å². The SMILES string of the molecule is CCOC(=O)c1cc(NC(=S)NCCSC2CCCCC2)ccc1Cl. The van der Waals surface area contributed by atoms with Crippen molar-refractivity contribution in [1.29, 1.82) is 0 Å². The van der Waals surface area contributed by atoms with Gasteiger partial charge in [0.05, 0.1) is 17.2 Å². The standard InChI is InChI=1S/C18H25ClN2O2S2/c1-2-23-17(22)15-12-13(8-9-16(15)19)21-18(24)20-10-11-25-14-6-4-3-5-7-14/h8-9,12,14H,2-7,10-11H2,1H3,(H2,20,21,24). The Morgan fingerprint density at radius 3 is 2.84 bits per heavy atom. The van der Waals surface area contributed by atoms with Gasteiger partial charge in [0.2, 0.25) is 0 Å². The third kappa shape index (κ3) is 7.04. The lowest BCUT2D eigenvalue weighted by atomic mass is 10.0. The minimum absolute atomic E-state index is 0.311. The zero-order chi connectivity index (χ0) is 18.1. The van der Waals surface area contributed by atoms with Gasteiger partial charge in [0.25, 0.3) is 0 Å². The molecule has 0 aliphatic heterocycles. The van der Waals surface area contributed by atoms with Gasteiger partial charge in [-0.05, 0) is 50.2 Å². The molecule has 2 N–H and O–H groups in total.